The zero-order chi connectivity index (χ0) is 14.7. The average Bonchev–Trinajstić information content (AvgIpc) is 2.47. The minimum atomic E-state index is -0.0135. The van der Waals surface area contributed by atoms with Crippen molar-refractivity contribution in [2.45, 2.75) is 50.6 Å². The first-order valence-electron chi connectivity index (χ1n) is 8.00. The van der Waals surface area contributed by atoms with E-state index in [1.165, 1.54) is 19.3 Å². The standard InChI is InChI=1S/C17H24N2O2/c1-2-21-15-7-4-3-6-14(15)16(20)19-13-8-11-18-17(12-13)9-5-10-17/h3-4,6-7,13,18H,2,5,8-12H2,1H3,(H,19,20). The van der Waals surface area contributed by atoms with E-state index in [1.807, 2.05) is 31.2 Å². The lowest BCUT2D eigenvalue weighted by atomic mass is 9.70. The van der Waals surface area contributed by atoms with Crippen molar-refractivity contribution in [3.8, 4) is 5.75 Å². The summed E-state index contributed by atoms with van der Waals surface area (Å²) in [6.07, 6.45) is 5.85. The highest BCUT2D eigenvalue weighted by Gasteiger charge is 2.41. The van der Waals surface area contributed by atoms with Crippen LogP contribution in [0.5, 0.6) is 5.75 Å². The van der Waals surface area contributed by atoms with Crippen LogP contribution in [0.4, 0.5) is 0 Å². The fourth-order valence-corrected chi connectivity index (χ4v) is 3.46. The maximum absolute atomic E-state index is 12.5. The molecule has 4 heteroatoms. The van der Waals surface area contributed by atoms with E-state index in [2.05, 4.69) is 10.6 Å². The molecule has 1 unspecified atom stereocenters. The Kier molecular flexibility index (Phi) is 4.15. The summed E-state index contributed by atoms with van der Waals surface area (Å²) in [5.74, 6) is 0.658. The lowest BCUT2D eigenvalue weighted by Gasteiger charge is -2.48. The molecule has 1 saturated heterocycles. The van der Waals surface area contributed by atoms with Crippen molar-refractivity contribution in [1.29, 1.82) is 0 Å². The Labute approximate surface area is 126 Å². The van der Waals surface area contributed by atoms with Gasteiger partial charge in [-0.25, -0.2) is 0 Å². The van der Waals surface area contributed by atoms with Crippen LogP contribution in [0.1, 0.15) is 49.4 Å². The highest BCUT2D eigenvalue weighted by atomic mass is 16.5. The number of nitrogens with one attached hydrogen (secondary N) is 2. The fourth-order valence-electron chi connectivity index (χ4n) is 3.46. The molecule has 0 radical (unpaired) electrons. The summed E-state index contributed by atoms with van der Waals surface area (Å²) in [7, 11) is 0. The minimum Gasteiger partial charge on any atom is -0.493 e. The predicted octanol–water partition coefficient (Wildman–Crippen LogP) is 2.49. The molecule has 1 spiro atoms. The van der Waals surface area contributed by atoms with Gasteiger partial charge in [0.25, 0.3) is 5.91 Å². The number of piperidine rings is 1. The first kappa shape index (κ1) is 14.4. The van der Waals surface area contributed by atoms with E-state index in [4.69, 9.17) is 4.74 Å². The van der Waals surface area contributed by atoms with E-state index >= 15 is 0 Å². The van der Waals surface area contributed by atoms with Crippen LogP contribution in [0.3, 0.4) is 0 Å². The summed E-state index contributed by atoms with van der Waals surface area (Å²) < 4.78 is 5.55. The summed E-state index contributed by atoms with van der Waals surface area (Å²) in [6, 6.07) is 7.74. The summed E-state index contributed by atoms with van der Waals surface area (Å²) in [6.45, 7) is 3.50. The molecular weight excluding hydrogens is 264 g/mol. The molecule has 3 rings (SSSR count). The van der Waals surface area contributed by atoms with Crippen molar-refractivity contribution in [3.63, 3.8) is 0 Å². The van der Waals surface area contributed by atoms with Gasteiger partial charge in [0.15, 0.2) is 0 Å². The number of carbonyl (C=O) groups excluding carboxylic acids is 1. The average molecular weight is 288 g/mol. The fraction of sp³-hybridized carbons (Fsp3) is 0.588. The van der Waals surface area contributed by atoms with Gasteiger partial charge in [-0.15, -0.1) is 0 Å². The molecule has 2 N–H and O–H groups in total. The van der Waals surface area contributed by atoms with Gasteiger partial charge in [-0.2, -0.15) is 0 Å². The SMILES string of the molecule is CCOc1ccccc1C(=O)NC1CCNC2(CCC2)C1. The number of para-hydroxylation sites is 1. The quantitative estimate of drug-likeness (QED) is 0.895. The minimum absolute atomic E-state index is 0.0135. The van der Waals surface area contributed by atoms with Gasteiger partial charge in [-0.1, -0.05) is 12.1 Å². The van der Waals surface area contributed by atoms with Crippen LogP contribution in [0, 0.1) is 0 Å². The van der Waals surface area contributed by atoms with Gasteiger partial charge in [0, 0.05) is 11.6 Å². The Morgan fingerprint density at radius 3 is 2.95 bits per heavy atom. The lowest BCUT2D eigenvalue weighted by molar-refractivity contribution is 0.0850. The highest BCUT2D eigenvalue weighted by Crippen LogP contribution is 2.38. The van der Waals surface area contributed by atoms with Crippen molar-refractivity contribution < 1.29 is 9.53 Å². The predicted molar refractivity (Wildman–Crippen MR) is 82.7 cm³/mol. The van der Waals surface area contributed by atoms with E-state index in [0.29, 0.717) is 23.5 Å². The summed E-state index contributed by atoms with van der Waals surface area (Å²) in [4.78, 5) is 12.5. The first-order chi connectivity index (χ1) is 10.2. The number of rotatable bonds is 4. The second-order valence-electron chi connectivity index (χ2n) is 6.15. The van der Waals surface area contributed by atoms with Crippen molar-refractivity contribution in [1.82, 2.24) is 10.6 Å². The van der Waals surface area contributed by atoms with E-state index in [0.717, 1.165) is 19.4 Å². The largest absolute Gasteiger partial charge is 0.493 e. The number of hydrogen-bond acceptors (Lipinski definition) is 3. The monoisotopic (exact) mass is 288 g/mol. The van der Waals surface area contributed by atoms with Crippen LogP contribution in [0.2, 0.25) is 0 Å². The van der Waals surface area contributed by atoms with E-state index in [1.54, 1.807) is 0 Å². The lowest BCUT2D eigenvalue weighted by Crippen LogP contribution is -2.59. The van der Waals surface area contributed by atoms with Crippen LogP contribution in [0.15, 0.2) is 24.3 Å². The van der Waals surface area contributed by atoms with Gasteiger partial charge >= 0.3 is 0 Å². The molecule has 21 heavy (non-hydrogen) atoms. The smallest absolute Gasteiger partial charge is 0.255 e. The number of benzene rings is 1. The maximum Gasteiger partial charge on any atom is 0.255 e. The molecule has 0 aromatic heterocycles. The Morgan fingerprint density at radius 2 is 2.24 bits per heavy atom. The summed E-state index contributed by atoms with van der Waals surface area (Å²) >= 11 is 0. The third kappa shape index (κ3) is 3.05. The molecule has 4 nitrogen and oxygen atoms in total. The van der Waals surface area contributed by atoms with Gasteiger partial charge in [-0.3, -0.25) is 4.79 Å². The molecule has 1 atom stereocenters. The van der Waals surface area contributed by atoms with Crippen molar-refractivity contribution in [3.05, 3.63) is 29.8 Å². The highest BCUT2D eigenvalue weighted by molar-refractivity contribution is 5.97. The van der Waals surface area contributed by atoms with E-state index < -0.39 is 0 Å². The second kappa shape index (κ2) is 6.06. The molecular formula is C17H24N2O2. The Bertz CT molecular complexity index is 511. The van der Waals surface area contributed by atoms with Gasteiger partial charge in [0.05, 0.1) is 12.2 Å². The number of hydrogen-bond donors (Lipinski definition) is 2. The summed E-state index contributed by atoms with van der Waals surface area (Å²) in [5.41, 5.74) is 0.941. The molecule has 1 aromatic carbocycles. The molecule has 1 aliphatic carbocycles. The molecule has 114 valence electrons. The molecule has 1 aromatic rings. The number of ether oxygens (including phenoxy) is 1. The zero-order valence-corrected chi connectivity index (χ0v) is 12.7. The zero-order valence-electron chi connectivity index (χ0n) is 12.7. The van der Waals surface area contributed by atoms with Gasteiger partial charge in [0.2, 0.25) is 0 Å². The van der Waals surface area contributed by atoms with Crippen LogP contribution < -0.4 is 15.4 Å². The molecule has 0 bridgehead atoms. The first-order valence-corrected chi connectivity index (χ1v) is 8.00. The van der Waals surface area contributed by atoms with Gasteiger partial charge < -0.3 is 15.4 Å². The third-order valence-electron chi connectivity index (χ3n) is 4.71. The molecule has 1 aliphatic heterocycles. The van der Waals surface area contributed by atoms with Gasteiger partial charge in [-0.05, 0) is 57.7 Å². The Hall–Kier alpha value is -1.55. The third-order valence-corrected chi connectivity index (χ3v) is 4.71. The number of amides is 1. The topological polar surface area (TPSA) is 50.4 Å². The van der Waals surface area contributed by atoms with E-state index in [-0.39, 0.29) is 11.9 Å². The number of carbonyl (C=O) groups is 1. The van der Waals surface area contributed by atoms with Crippen LogP contribution in [-0.4, -0.2) is 30.6 Å². The van der Waals surface area contributed by atoms with Crippen molar-refractivity contribution in [2.75, 3.05) is 13.2 Å². The van der Waals surface area contributed by atoms with Gasteiger partial charge in [0.1, 0.15) is 5.75 Å². The molecule has 1 heterocycles. The second-order valence-corrected chi connectivity index (χ2v) is 6.15. The normalized spacial score (nSPS) is 23.4. The van der Waals surface area contributed by atoms with Crippen molar-refractivity contribution in [2.24, 2.45) is 0 Å². The molecule has 2 fully saturated rings. The molecule has 2 aliphatic rings. The van der Waals surface area contributed by atoms with Crippen LogP contribution in [-0.2, 0) is 0 Å². The Balaban J connectivity index is 1.66. The van der Waals surface area contributed by atoms with Crippen molar-refractivity contribution >= 4 is 5.91 Å². The Morgan fingerprint density at radius 1 is 1.43 bits per heavy atom. The maximum atomic E-state index is 12.5. The summed E-state index contributed by atoms with van der Waals surface area (Å²) in [5, 5.41) is 6.83. The molecule has 1 saturated carbocycles. The van der Waals surface area contributed by atoms with Crippen LogP contribution >= 0.6 is 0 Å². The molecule has 1 amide bonds. The van der Waals surface area contributed by atoms with E-state index in [9.17, 15) is 4.79 Å². The van der Waals surface area contributed by atoms with Crippen LogP contribution in [0.25, 0.3) is 0 Å².